The predicted octanol–water partition coefficient (Wildman–Crippen LogP) is 6.29. The van der Waals surface area contributed by atoms with Crippen LogP contribution in [0.3, 0.4) is 0 Å². The van der Waals surface area contributed by atoms with Crippen LogP contribution in [0.4, 0.5) is 10.5 Å². The fraction of sp³-hybridized carbons (Fsp3) is 0.318. The molecule has 2 aromatic heterocycles. The SMILES string of the molecule is CC1c2cccn2-c2sc3c(c2CN1C(=O)Nc1cccc(Br)c1)CCCC3. The van der Waals surface area contributed by atoms with Gasteiger partial charge in [0.25, 0.3) is 0 Å². The highest BCUT2D eigenvalue weighted by Gasteiger charge is 2.32. The second kappa shape index (κ2) is 7.08. The smallest absolute Gasteiger partial charge is 0.312 e. The molecule has 1 N–H and O–H groups in total. The molecule has 3 aromatic rings. The van der Waals surface area contributed by atoms with Crippen molar-refractivity contribution < 1.29 is 4.79 Å². The first kappa shape index (κ1) is 18.0. The number of urea groups is 1. The molecule has 6 heteroatoms. The monoisotopic (exact) mass is 455 g/mol. The van der Waals surface area contributed by atoms with Crippen molar-refractivity contribution in [2.45, 2.75) is 45.2 Å². The molecule has 0 saturated carbocycles. The molecule has 2 amide bonds. The van der Waals surface area contributed by atoms with Gasteiger partial charge in [-0.1, -0.05) is 22.0 Å². The summed E-state index contributed by atoms with van der Waals surface area (Å²) in [6.45, 7) is 2.78. The summed E-state index contributed by atoms with van der Waals surface area (Å²) in [7, 11) is 0. The van der Waals surface area contributed by atoms with E-state index in [0.717, 1.165) is 16.6 Å². The van der Waals surface area contributed by atoms with E-state index in [1.165, 1.54) is 46.0 Å². The van der Waals surface area contributed by atoms with E-state index in [9.17, 15) is 4.79 Å². The van der Waals surface area contributed by atoms with Gasteiger partial charge in [-0.15, -0.1) is 11.3 Å². The molecule has 0 radical (unpaired) electrons. The zero-order valence-electron chi connectivity index (χ0n) is 15.7. The molecule has 2 aliphatic rings. The van der Waals surface area contributed by atoms with Crippen molar-refractivity contribution in [2.24, 2.45) is 0 Å². The van der Waals surface area contributed by atoms with Crippen molar-refractivity contribution in [1.29, 1.82) is 0 Å². The minimum Gasteiger partial charge on any atom is -0.312 e. The quantitative estimate of drug-likeness (QED) is 0.459. The molecule has 5 rings (SSSR count). The van der Waals surface area contributed by atoms with Crippen LogP contribution in [0, 0.1) is 0 Å². The minimum absolute atomic E-state index is 0.000920. The summed E-state index contributed by atoms with van der Waals surface area (Å²) in [5, 5.41) is 4.39. The summed E-state index contributed by atoms with van der Waals surface area (Å²) in [5.41, 5.74) is 4.80. The molecule has 3 heterocycles. The maximum atomic E-state index is 13.3. The van der Waals surface area contributed by atoms with Crippen LogP contribution >= 0.6 is 27.3 Å². The normalized spacial score (nSPS) is 18.1. The van der Waals surface area contributed by atoms with E-state index in [0.29, 0.717) is 6.54 Å². The highest BCUT2D eigenvalue weighted by Crippen LogP contribution is 2.42. The number of benzene rings is 1. The number of aryl methyl sites for hydroxylation is 1. The Morgan fingerprint density at radius 3 is 2.89 bits per heavy atom. The highest BCUT2D eigenvalue weighted by atomic mass is 79.9. The summed E-state index contributed by atoms with van der Waals surface area (Å²) in [5.74, 6) is 0. The number of carbonyl (C=O) groups excluding carboxylic acids is 1. The number of rotatable bonds is 1. The van der Waals surface area contributed by atoms with E-state index in [-0.39, 0.29) is 12.1 Å². The molecule has 0 fully saturated rings. The second-order valence-electron chi connectivity index (χ2n) is 7.54. The summed E-state index contributed by atoms with van der Waals surface area (Å²) < 4.78 is 3.26. The average molecular weight is 456 g/mol. The lowest BCUT2D eigenvalue weighted by molar-refractivity contribution is 0.189. The molecule has 1 aliphatic carbocycles. The van der Waals surface area contributed by atoms with Crippen molar-refractivity contribution >= 4 is 39.0 Å². The van der Waals surface area contributed by atoms with Crippen LogP contribution in [0.25, 0.3) is 5.00 Å². The van der Waals surface area contributed by atoms with Gasteiger partial charge < -0.3 is 14.8 Å². The van der Waals surface area contributed by atoms with Gasteiger partial charge in [0.15, 0.2) is 0 Å². The van der Waals surface area contributed by atoms with Crippen LogP contribution < -0.4 is 5.32 Å². The molecule has 1 unspecified atom stereocenters. The molecular weight excluding hydrogens is 434 g/mol. The van der Waals surface area contributed by atoms with Gasteiger partial charge in [-0.3, -0.25) is 0 Å². The van der Waals surface area contributed by atoms with Crippen LogP contribution in [0.15, 0.2) is 47.1 Å². The first-order valence-electron chi connectivity index (χ1n) is 9.76. The first-order valence-corrected chi connectivity index (χ1v) is 11.4. The Kier molecular flexibility index (Phi) is 4.56. The van der Waals surface area contributed by atoms with Crippen molar-refractivity contribution in [3.05, 3.63) is 68.8 Å². The third-order valence-electron chi connectivity index (χ3n) is 5.82. The molecule has 0 saturated heterocycles. The number of halogens is 1. The van der Waals surface area contributed by atoms with Crippen LogP contribution in [0.1, 0.15) is 47.5 Å². The minimum atomic E-state index is -0.0537. The van der Waals surface area contributed by atoms with Crippen LogP contribution in [-0.2, 0) is 19.4 Å². The Balaban J connectivity index is 1.55. The van der Waals surface area contributed by atoms with Gasteiger partial charge in [0, 0.05) is 32.5 Å². The Labute approximate surface area is 177 Å². The van der Waals surface area contributed by atoms with E-state index < -0.39 is 0 Å². The molecule has 28 heavy (non-hydrogen) atoms. The number of nitrogens with zero attached hydrogens (tertiary/aromatic N) is 2. The number of carbonyl (C=O) groups is 1. The summed E-state index contributed by atoms with van der Waals surface area (Å²) in [6.07, 6.45) is 6.96. The fourth-order valence-electron chi connectivity index (χ4n) is 4.37. The zero-order chi connectivity index (χ0) is 19.3. The molecular formula is C22H22BrN3OS. The number of hydrogen-bond donors (Lipinski definition) is 1. The highest BCUT2D eigenvalue weighted by molar-refractivity contribution is 9.10. The van der Waals surface area contributed by atoms with E-state index in [1.807, 2.05) is 40.5 Å². The molecule has 0 bridgehead atoms. The largest absolute Gasteiger partial charge is 0.322 e. The van der Waals surface area contributed by atoms with Crippen molar-refractivity contribution in [3.63, 3.8) is 0 Å². The second-order valence-corrected chi connectivity index (χ2v) is 9.54. The van der Waals surface area contributed by atoms with E-state index in [2.05, 4.69) is 51.1 Å². The van der Waals surface area contributed by atoms with E-state index in [4.69, 9.17) is 0 Å². The van der Waals surface area contributed by atoms with Crippen LogP contribution in [0.5, 0.6) is 0 Å². The zero-order valence-corrected chi connectivity index (χ0v) is 18.1. The predicted molar refractivity (Wildman–Crippen MR) is 117 cm³/mol. The third-order valence-corrected chi connectivity index (χ3v) is 7.65. The molecule has 1 aliphatic heterocycles. The Bertz CT molecular complexity index is 1050. The molecule has 144 valence electrons. The maximum absolute atomic E-state index is 13.3. The van der Waals surface area contributed by atoms with Gasteiger partial charge in [-0.25, -0.2) is 4.79 Å². The topological polar surface area (TPSA) is 37.3 Å². The van der Waals surface area contributed by atoms with E-state index >= 15 is 0 Å². The summed E-state index contributed by atoms with van der Waals surface area (Å²) >= 11 is 5.40. The molecule has 0 spiro atoms. The number of thiophene rings is 1. The first-order chi connectivity index (χ1) is 13.6. The molecule has 4 nitrogen and oxygen atoms in total. The Morgan fingerprint density at radius 1 is 1.18 bits per heavy atom. The Morgan fingerprint density at radius 2 is 2.04 bits per heavy atom. The third kappa shape index (κ3) is 2.99. The number of anilines is 1. The lowest BCUT2D eigenvalue weighted by atomic mass is 9.95. The fourth-order valence-corrected chi connectivity index (χ4v) is 6.17. The maximum Gasteiger partial charge on any atom is 0.322 e. The van der Waals surface area contributed by atoms with Crippen molar-refractivity contribution in [2.75, 3.05) is 5.32 Å². The van der Waals surface area contributed by atoms with Gasteiger partial charge in [0.2, 0.25) is 0 Å². The van der Waals surface area contributed by atoms with Gasteiger partial charge in [-0.2, -0.15) is 0 Å². The van der Waals surface area contributed by atoms with Crippen LogP contribution in [-0.4, -0.2) is 15.5 Å². The number of nitrogens with one attached hydrogen (secondary N) is 1. The number of fused-ring (bicyclic) bond motifs is 5. The molecule has 1 aromatic carbocycles. The molecule has 1 atom stereocenters. The van der Waals surface area contributed by atoms with E-state index in [1.54, 1.807) is 0 Å². The van der Waals surface area contributed by atoms with Crippen molar-refractivity contribution in [3.8, 4) is 5.00 Å². The summed E-state index contributed by atoms with van der Waals surface area (Å²) in [6, 6.07) is 11.9. The summed E-state index contributed by atoms with van der Waals surface area (Å²) in [4.78, 5) is 16.8. The van der Waals surface area contributed by atoms with Gasteiger partial charge in [0.05, 0.1) is 12.6 Å². The number of hydrogen-bond acceptors (Lipinski definition) is 2. The van der Waals surface area contributed by atoms with Gasteiger partial charge in [-0.05, 0) is 68.5 Å². The Hall–Kier alpha value is -2.05. The lowest BCUT2D eigenvalue weighted by Crippen LogP contribution is -2.36. The lowest BCUT2D eigenvalue weighted by Gasteiger charge is -2.28. The standard InChI is InChI=1S/C22H22BrN3OS/c1-14-19-9-5-11-25(19)21-18(17-8-2-3-10-20(17)28-21)13-26(14)22(27)24-16-7-4-6-15(23)12-16/h4-7,9,11-12,14H,2-3,8,10,13H2,1H3,(H,24,27). The number of aromatic nitrogens is 1. The number of amides is 2. The average Bonchev–Trinajstić information content (AvgIpc) is 3.28. The van der Waals surface area contributed by atoms with Gasteiger partial charge >= 0.3 is 6.03 Å². The van der Waals surface area contributed by atoms with Crippen LogP contribution in [0.2, 0.25) is 0 Å². The van der Waals surface area contributed by atoms with Crippen molar-refractivity contribution in [1.82, 2.24) is 9.47 Å². The van der Waals surface area contributed by atoms with Gasteiger partial charge in [0.1, 0.15) is 5.00 Å².